The zero-order valence-corrected chi connectivity index (χ0v) is 14.0. The minimum absolute atomic E-state index is 1.09. The van der Waals surface area contributed by atoms with E-state index in [-0.39, 0.29) is 0 Å². The van der Waals surface area contributed by atoms with Gasteiger partial charge in [0.05, 0.1) is 0 Å². The molecule has 1 aliphatic rings. The number of fused-ring (bicyclic) bond motifs is 6. The van der Waals surface area contributed by atoms with E-state index >= 15 is 0 Å². The Labute approximate surface area is 143 Å². The van der Waals surface area contributed by atoms with Crippen LogP contribution in [0.4, 0.5) is 5.69 Å². The van der Waals surface area contributed by atoms with Crippen LogP contribution < -0.4 is 5.32 Å². The summed E-state index contributed by atoms with van der Waals surface area (Å²) in [4.78, 5) is 0. The highest BCUT2D eigenvalue weighted by Crippen LogP contribution is 2.37. The van der Waals surface area contributed by atoms with Gasteiger partial charge in [-0.05, 0) is 70.6 Å². The molecule has 0 radical (unpaired) electrons. The van der Waals surface area contributed by atoms with Crippen molar-refractivity contribution < 1.29 is 0 Å². The fraction of sp³-hybridized carbons (Fsp3) is 0.130. The molecule has 0 saturated heterocycles. The molecule has 0 aromatic heterocycles. The van der Waals surface area contributed by atoms with Crippen LogP contribution in [0.1, 0.15) is 24.5 Å². The maximum atomic E-state index is 3.76. The quantitative estimate of drug-likeness (QED) is 0.432. The van der Waals surface area contributed by atoms with Crippen LogP contribution in [0.2, 0.25) is 0 Å². The van der Waals surface area contributed by atoms with Gasteiger partial charge in [0.15, 0.2) is 0 Å². The lowest BCUT2D eigenvalue weighted by Crippen LogP contribution is -1.99. The molecule has 0 atom stereocenters. The second-order valence-corrected chi connectivity index (χ2v) is 6.35. The highest BCUT2D eigenvalue weighted by Gasteiger charge is 2.14. The summed E-state index contributed by atoms with van der Waals surface area (Å²) in [6.45, 7) is 5.82. The maximum Gasteiger partial charge on any atom is 0.0388 e. The first kappa shape index (κ1) is 14.8. The summed E-state index contributed by atoms with van der Waals surface area (Å²) in [5.41, 5.74) is 5.09. The number of hydrogen-bond acceptors (Lipinski definition) is 1. The standard InChI is InChI=1S/C23H21N/c1-3-8-16(2)24-17-13-14-22-20-11-5-4-9-18(20)19-10-6-7-12-21(19)23(22)15-17/h3-4,6-10,12-15,24H,1,5,11H2,2H3/b16-8+. The number of allylic oxidation sites excluding steroid dienone is 4. The van der Waals surface area contributed by atoms with Crippen molar-refractivity contribution in [1.29, 1.82) is 0 Å². The lowest BCUT2D eigenvalue weighted by Gasteiger charge is -2.18. The van der Waals surface area contributed by atoms with Gasteiger partial charge in [-0.2, -0.15) is 0 Å². The Morgan fingerprint density at radius 3 is 2.71 bits per heavy atom. The van der Waals surface area contributed by atoms with Gasteiger partial charge in [-0.3, -0.25) is 0 Å². The molecule has 1 aliphatic carbocycles. The minimum Gasteiger partial charge on any atom is -0.359 e. The van der Waals surface area contributed by atoms with Crippen molar-refractivity contribution in [2.45, 2.75) is 19.8 Å². The third-order valence-corrected chi connectivity index (χ3v) is 4.73. The number of hydrogen-bond donors (Lipinski definition) is 1. The molecule has 1 nitrogen and oxygen atoms in total. The van der Waals surface area contributed by atoms with Gasteiger partial charge in [0.1, 0.15) is 0 Å². The van der Waals surface area contributed by atoms with E-state index in [0.29, 0.717) is 0 Å². The number of aryl methyl sites for hydroxylation is 1. The van der Waals surface area contributed by atoms with E-state index in [2.05, 4.69) is 73.4 Å². The second kappa shape index (κ2) is 6.01. The van der Waals surface area contributed by atoms with Crippen molar-refractivity contribution >= 4 is 33.3 Å². The Bertz CT molecular complexity index is 1010. The smallest absolute Gasteiger partial charge is 0.0388 e. The Balaban J connectivity index is 2.00. The largest absolute Gasteiger partial charge is 0.359 e. The molecule has 3 aromatic rings. The monoisotopic (exact) mass is 311 g/mol. The topological polar surface area (TPSA) is 12.0 Å². The van der Waals surface area contributed by atoms with E-state index in [1.165, 1.54) is 32.7 Å². The van der Waals surface area contributed by atoms with Gasteiger partial charge < -0.3 is 5.32 Å². The Morgan fingerprint density at radius 1 is 1.04 bits per heavy atom. The summed E-state index contributed by atoms with van der Waals surface area (Å²) in [6.07, 6.45) is 10.6. The first-order valence-corrected chi connectivity index (χ1v) is 8.48. The van der Waals surface area contributed by atoms with Crippen LogP contribution in [0, 0.1) is 0 Å². The number of anilines is 1. The molecule has 1 N–H and O–H groups in total. The highest BCUT2D eigenvalue weighted by atomic mass is 14.9. The van der Waals surface area contributed by atoms with E-state index in [1.807, 2.05) is 12.2 Å². The lowest BCUT2D eigenvalue weighted by atomic mass is 9.86. The predicted octanol–water partition coefficient (Wildman–Crippen LogP) is 6.45. The summed E-state index contributed by atoms with van der Waals surface area (Å²) in [6, 6.07) is 15.5. The third-order valence-electron chi connectivity index (χ3n) is 4.73. The number of nitrogens with one attached hydrogen (secondary N) is 1. The van der Waals surface area contributed by atoms with Gasteiger partial charge in [0.2, 0.25) is 0 Å². The van der Waals surface area contributed by atoms with Crippen molar-refractivity contribution in [3.8, 4) is 0 Å². The van der Waals surface area contributed by atoms with Crippen molar-refractivity contribution in [3.05, 3.63) is 84.1 Å². The Kier molecular flexibility index (Phi) is 3.70. The molecule has 0 bridgehead atoms. The van der Waals surface area contributed by atoms with Crippen molar-refractivity contribution in [3.63, 3.8) is 0 Å². The molecule has 1 heteroatoms. The average Bonchev–Trinajstić information content (AvgIpc) is 2.62. The third kappa shape index (κ3) is 2.43. The molecule has 0 fully saturated rings. The van der Waals surface area contributed by atoms with E-state index in [9.17, 15) is 0 Å². The predicted molar refractivity (Wildman–Crippen MR) is 106 cm³/mol. The van der Waals surface area contributed by atoms with E-state index in [0.717, 1.165) is 24.2 Å². The van der Waals surface area contributed by atoms with E-state index < -0.39 is 0 Å². The molecule has 0 spiro atoms. The molecule has 24 heavy (non-hydrogen) atoms. The summed E-state index contributed by atoms with van der Waals surface area (Å²) >= 11 is 0. The molecule has 4 rings (SSSR count). The molecule has 0 saturated carbocycles. The molecule has 0 unspecified atom stereocenters. The zero-order valence-electron chi connectivity index (χ0n) is 14.0. The fourth-order valence-corrected chi connectivity index (χ4v) is 3.70. The first-order chi connectivity index (χ1) is 11.8. The molecular formula is C23H21N. The molecule has 0 heterocycles. The van der Waals surface area contributed by atoms with E-state index in [4.69, 9.17) is 0 Å². The summed E-state index contributed by atoms with van der Waals surface area (Å²) in [5.74, 6) is 0. The minimum atomic E-state index is 1.09. The van der Waals surface area contributed by atoms with Gasteiger partial charge in [0.25, 0.3) is 0 Å². The highest BCUT2D eigenvalue weighted by molar-refractivity contribution is 6.13. The lowest BCUT2D eigenvalue weighted by molar-refractivity contribution is 1.00. The van der Waals surface area contributed by atoms with Crippen LogP contribution in [-0.4, -0.2) is 0 Å². The number of benzene rings is 3. The van der Waals surface area contributed by atoms with Gasteiger partial charge >= 0.3 is 0 Å². The van der Waals surface area contributed by atoms with Gasteiger partial charge in [-0.25, -0.2) is 0 Å². The Hall–Kier alpha value is -2.80. The van der Waals surface area contributed by atoms with Crippen LogP contribution >= 0.6 is 0 Å². The van der Waals surface area contributed by atoms with Crippen molar-refractivity contribution in [2.24, 2.45) is 0 Å². The van der Waals surface area contributed by atoms with Gasteiger partial charge in [-0.1, -0.05) is 55.1 Å². The zero-order chi connectivity index (χ0) is 16.5. The Morgan fingerprint density at radius 2 is 1.88 bits per heavy atom. The van der Waals surface area contributed by atoms with Crippen LogP contribution in [-0.2, 0) is 6.42 Å². The first-order valence-electron chi connectivity index (χ1n) is 8.48. The van der Waals surface area contributed by atoms with Crippen LogP contribution in [0.15, 0.2) is 73.0 Å². The molecule has 0 amide bonds. The SMILES string of the molecule is C=C/C=C(\C)Nc1ccc2c3c(c4ccccc4c2c1)C=CCC3. The normalized spacial score (nSPS) is 14.0. The fourth-order valence-electron chi connectivity index (χ4n) is 3.70. The summed E-state index contributed by atoms with van der Waals surface area (Å²) in [5, 5.41) is 8.84. The average molecular weight is 311 g/mol. The number of rotatable bonds is 3. The van der Waals surface area contributed by atoms with Gasteiger partial charge in [-0.15, -0.1) is 0 Å². The molecule has 3 aromatic carbocycles. The van der Waals surface area contributed by atoms with Crippen LogP contribution in [0.25, 0.3) is 27.6 Å². The maximum absolute atomic E-state index is 3.76. The molecular weight excluding hydrogens is 290 g/mol. The van der Waals surface area contributed by atoms with Gasteiger partial charge in [0, 0.05) is 11.4 Å². The van der Waals surface area contributed by atoms with Crippen LogP contribution in [0.5, 0.6) is 0 Å². The van der Waals surface area contributed by atoms with Crippen LogP contribution in [0.3, 0.4) is 0 Å². The summed E-state index contributed by atoms with van der Waals surface area (Å²) < 4.78 is 0. The second-order valence-electron chi connectivity index (χ2n) is 6.35. The summed E-state index contributed by atoms with van der Waals surface area (Å²) in [7, 11) is 0. The molecule has 0 aliphatic heterocycles. The van der Waals surface area contributed by atoms with Crippen molar-refractivity contribution in [1.82, 2.24) is 0 Å². The molecule has 118 valence electrons. The van der Waals surface area contributed by atoms with Crippen molar-refractivity contribution in [2.75, 3.05) is 5.32 Å². The van der Waals surface area contributed by atoms with E-state index in [1.54, 1.807) is 0 Å².